The minimum Gasteiger partial charge on any atom is -0.379 e. The Hall–Kier alpha value is -3.03. The molecule has 0 radical (unpaired) electrons. The molecule has 2 aromatic carbocycles. The van der Waals surface area contributed by atoms with E-state index >= 15 is 0 Å². The lowest BCUT2D eigenvalue weighted by Gasteiger charge is -2.26. The molecule has 0 saturated carbocycles. The fourth-order valence-electron chi connectivity index (χ4n) is 3.70. The Morgan fingerprint density at radius 3 is 2.53 bits per heavy atom. The Bertz CT molecular complexity index is 1040. The first-order valence-corrected chi connectivity index (χ1v) is 10.1. The second kappa shape index (κ2) is 9.19. The second-order valence-electron chi connectivity index (χ2n) is 7.35. The van der Waals surface area contributed by atoms with Gasteiger partial charge in [-0.25, -0.2) is 4.39 Å². The first-order valence-electron chi connectivity index (χ1n) is 10.1. The number of hydrogen-bond donors (Lipinski definition) is 1. The van der Waals surface area contributed by atoms with E-state index < -0.39 is 11.7 Å². The molecule has 4 rings (SSSR count). The third-order valence-corrected chi connectivity index (χ3v) is 5.32. The van der Waals surface area contributed by atoms with Crippen molar-refractivity contribution >= 4 is 22.6 Å². The standard InChI is InChI=1S/C23H24FN3O3/c24-18-7-5-17(6-8-18)15-27-16-20(19-3-1-2-4-21(19)27)22(28)23(29)25-9-10-26-11-13-30-14-12-26/h1-8,16H,9-15H2,(H,25,29). The van der Waals surface area contributed by atoms with Gasteiger partial charge in [-0.2, -0.15) is 0 Å². The maximum absolute atomic E-state index is 13.2. The van der Waals surface area contributed by atoms with Crippen molar-refractivity contribution in [1.29, 1.82) is 0 Å². The predicted octanol–water partition coefficient (Wildman–Crippen LogP) is 2.46. The normalized spacial score (nSPS) is 14.7. The summed E-state index contributed by atoms with van der Waals surface area (Å²) < 4.78 is 20.4. The van der Waals surface area contributed by atoms with Crippen molar-refractivity contribution in [1.82, 2.24) is 14.8 Å². The van der Waals surface area contributed by atoms with Gasteiger partial charge in [0.05, 0.1) is 18.8 Å². The first-order chi connectivity index (χ1) is 14.6. The average molecular weight is 409 g/mol. The molecule has 6 nitrogen and oxygen atoms in total. The summed E-state index contributed by atoms with van der Waals surface area (Å²) in [6, 6.07) is 13.7. The number of para-hydroxylation sites is 1. The Balaban J connectivity index is 1.47. The summed E-state index contributed by atoms with van der Waals surface area (Å²) in [6.45, 7) is 4.64. The van der Waals surface area contributed by atoms with Crippen LogP contribution in [0.5, 0.6) is 0 Å². The summed E-state index contributed by atoms with van der Waals surface area (Å²) in [5.74, 6) is -1.44. The van der Waals surface area contributed by atoms with Crippen molar-refractivity contribution in [2.45, 2.75) is 6.54 Å². The lowest BCUT2D eigenvalue weighted by atomic mass is 10.1. The second-order valence-corrected chi connectivity index (χ2v) is 7.35. The van der Waals surface area contributed by atoms with Crippen molar-refractivity contribution < 1.29 is 18.7 Å². The molecule has 1 amide bonds. The van der Waals surface area contributed by atoms with Crippen LogP contribution in [-0.4, -0.2) is 60.6 Å². The summed E-state index contributed by atoms with van der Waals surface area (Å²) >= 11 is 0. The van der Waals surface area contributed by atoms with Crippen LogP contribution in [-0.2, 0) is 16.1 Å². The highest BCUT2D eigenvalue weighted by Gasteiger charge is 2.21. The van der Waals surface area contributed by atoms with E-state index in [1.54, 1.807) is 18.3 Å². The monoisotopic (exact) mass is 409 g/mol. The van der Waals surface area contributed by atoms with Crippen LogP contribution < -0.4 is 5.32 Å². The highest BCUT2D eigenvalue weighted by atomic mass is 19.1. The Morgan fingerprint density at radius 2 is 1.77 bits per heavy atom. The van der Waals surface area contributed by atoms with Gasteiger partial charge in [0.2, 0.25) is 0 Å². The molecule has 0 unspecified atom stereocenters. The maximum Gasteiger partial charge on any atom is 0.292 e. The number of carbonyl (C=O) groups excluding carboxylic acids is 2. The lowest BCUT2D eigenvalue weighted by Crippen LogP contribution is -2.42. The number of Topliss-reactive ketones (excluding diaryl/α,β-unsaturated/α-hetero) is 1. The van der Waals surface area contributed by atoms with Crippen molar-refractivity contribution in [2.75, 3.05) is 39.4 Å². The van der Waals surface area contributed by atoms with Gasteiger partial charge in [0.25, 0.3) is 11.7 Å². The molecule has 1 aliphatic heterocycles. The number of hydrogen-bond acceptors (Lipinski definition) is 4. The molecule has 7 heteroatoms. The van der Waals surface area contributed by atoms with Crippen LogP contribution in [0.15, 0.2) is 54.7 Å². The van der Waals surface area contributed by atoms with Crippen LogP contribution in [0, 0.1) is 5.82 Å². The molecular formula is C23H24FN3O3. The van der Waals surface area contributed by atoms with E-state index in [0.29, 0.717) is 38.4 Å². The van der Waals surface area contributed by atoms with Crippen LogP contribution >= 0.6 is 0 Å². The first kappa shape index (κ1) is 20.3. The van der Waals surface area contributed by atoms with Gasteiger partial charge in [0, 0.05) is 49.8 Å². The van der Waals surface area contributed by atoms with Gasteiger partial charge >= 0.3 is 0 Å². The van der Waals surface area contributed by atoms with Gasteiger partial charge in [-0.05, 0) is 23.8 Å². The summed E-state index contributed by atoms with van der Waals surface area (Å²) in [5.41, 5.74) is 2.13. The number of ketones is 1. The Kier molecular flexibility index (Phi) is 6.21. The van der Waals surface area contributed by atoms with E-state index in [4.69, 9.17) is 4.74 Å². The van der Waals surface area contributed by atoms with E-state index in [9.17, 15) is 14.0 Å². The van der Waals surface area contributed by atoms with Gasteiger partial charge in [0.1, 0.15) is 5.82 Å². The number of carbonyl (C=O) groups is 2. The molecule has 0 aliphatic carbocycles. The van der Waals surface area contributed by atoms with Gasteiger partial charge < -0.3 is 14.6 Å². The Morgan fingerprint density at radius 1 is 1.03 bits per heavy atom. The molecule has 156 valence electrons. The van der Waals surface area contributed by atoms with E-state index in [1.807, 2.05) is 28.8 Å². The molecule has 2 heterocycles. The quantitative estimate of drug-likeness (QED) is 0.481. The van der Waals surface area contributed by atoms with Crippen molar-refractivity contribution in [3.63, 3.8) is 0 Å². The van der Waals surface area contributed by atoms with Crippen molar-refractivity contribution in [3.8, 4) is 0 Å². The molecule has 30 heavy (non-hydrogen) atoms. The largest absolute Gasteiger partial charge is 0.379 e. The molecule has 1 N–H and O–H groups in total. The number of morpholine rings is 1. The fraction of sp³-hybridized carbons (Fsp3) is 0.304. The number of rotatable bonds is 7. The highest BCUT2D eigenvalue weighted by Crippen LogP contribution is 2.23. The number of halogens is 1. The third-order valence-electron chi connectivity index (χ3n) is 5.32. The number of benzene rings is 2. The number of nitrogens with zero attached hydrogens (tertiary/aromatic N) is 2. The SMILES string of the molecule is O=C(NCCN1CCOCC1)C(=O)c1cn(Cc2ccc(F)cc2)c2ccccc12. The highest BCUT2D eigenvalue weighted by molar-refractivity contribution is 6.45. The molecule has 0 bridgehead atoms. The molecular weight excluding hydrogens is 385 g/mol. The summed E-state index contributed by atoms with van der Waals surface area (Å²) in [7, 11) is 0. The van der Waals surface area contributed by atoms with Crippen molar-refractivity contribution in [2.24, 2.45) is 0 Å². The number of ether oxygens (including phenoxy) is 1. The van der Waals surface area contributed by atoms with Crippen LogP contribution in [0.25, 0.3) is 10.9 Å². The zero-order valence-electron chi connectivity index (χ0n) is 16.6. The molecule has 1 aliphatic rings. The summed E-state index contributed by atoms with van der Waals surface area (Å²) in [6.07, 6.45) is 1.71. The number of aromatic nitrogens is 1. The van der Waals surface area contributed by atoms with Crippen molar-refractivity contribution in [3.05, 3.63) is 71.7 Å². The van der Waals surface area contributed by atoms with E-state index in [-0.39, 0.29) is 5.82 Å². The van der Waals surface area contributed by atoms with Gasteiger partial charge in [-0.3, -0.25) is 14.5 Å². The van der Waals surface area contributed by atoms with Crippen LogP contribution in [0.1, 0.15) is 15.9 Å². The third kappa shape index (κ3) is 4.58. The molecule has 0 atom stereocenters. The average Bonchev–Trinajstić information content (AvgIpc) is 3.14. The number of amides is 1. The van der Waals surface area contributed by atoms with Crippen LogP contribution in [0.2, 0.25) is 0 Å². The topological polar surface area (TPSA) is 63.6 Å². The minimum absolute atomic E-state index is 0.291. The minimum atomic E-state index is -0.604. The summed E-state index contributed by atoms with van der Waals surface area (Å²) in [4.78, 5) is 27.5. The van der Waals surface area contributed by atoms with E-state index in [0.717, 1.165) is 29.6 Å². The maximum atomic E-state index is 13.2. The zero-order valence-corrected chi connectivity index (χ0v) is 16.6. The molecule has 1 saturated heterocycles. The van der Waals surface area contributed by atoms with E-state index in [1.165, 1.54) is 12.1 Å². The zero-order chi connectivity index (χ0) is 20.9. The molecule has 1 fully saturated rings. The van der Waals surface area contributed by atoms with Crippen LogP contribution in [0.3, 0.4) is 0 Å². The van der Waals surface area contributed by atoms with Crippen LogP contribution in [0.4, 0.5) is 4.39 Å². The van der Waals surface area contributed by atoms with Gasteiger partial charge in [0.15, 0.2) is 0 Å². The smallest absolute Gasteiger partial charge is 0.292 e. The Labute approximate surface area is 174 Å². The van der Waals surface area contributed by atoms with Gasteiger partial charge in [-0.1, -0.05) is 30.3 Å². The lowest BCUT2D eigenvalue weighted by molar-refractivity contribution is -0.117. The fourth-order valence-corrected chi connectivity index (χ4v) is 3.70. The molecule has 1 aromatic heterocycles. The van der Waals surface area contributed by atoms with Gasteiger partial charge in [-0.15, -0.1) is 0 Å². The summed E-state index contributed by atoms with van der Waals surface area (Å²) in [5, 5.41) is 3.47. The predicted molar refractivity (Wildman–Crippen MR) is 112 cm³/mol. The molecule has 3 aromatic rings. The molecule has 0 spiro atoms. The van der Waals surface area contributed by atoms with E-state index in [2.05, 4.69) is 10.2 Å². The number of nitrogens with one attached hydrogen (secondary N) is 1. The number of fused-ring (bicyclic) bond motifs is 1.